The van der Waals surface area contributed by atoms with Gasteiger partial charge in [-0.3, -0.25) is 0 Å². The Morgan fingerprint density at radius 1 is 1.05 bits per heavy atom. The Kier molecular flexibility index (Phi) is 3.38. The molecule has 0 bridgehead atoms. The molecule has 3 aromatic rings. The molecule has 0 saturated carbocycles. The number of rotatable bonds is 2. The maximum Gasteiger partial charge on any atom is 0.251 e. The van der Waals surface area contributed by atoms with Gasteiger partial charge < -0.3 is 10.2 Å². The normalized spacial score (nSPS) is 10.8. The number of halogens is 3. The summed E-state index contributed by atoms with van der Waals surface area (Å²) in [7, 11) is 0. The monoisotopic (exact) mass is 352 g/mol. The molecule has 0 aliphatic carbocycles. The summed E-state index contributed by atoms with van der Waals surface area (Å²) >= 11 is 3.25. The zero-order valence-corrected chi connectivity index (χ0v) is 11.9. The number of anilines is 1. The average Bonchev–Trinajstić information content (AvgIpc) is 2.93. The molecule has 2 N–H and O–H groups in total. The van der Waals surface area contributed by atoms with Gasteiger partial charge in [0.25, 0.3) is 11.8 Å². The van der Waals surface area contributed by atoms with Gasteiger partial charge >= 0.3 is 0 Å². The summed E-state index contributed by atoms with van der Waals surface area (Å²) in [6.07, 6.45) is 1.52. The van der Waals surface area contributed by atoms with Crippen LogP contribution in [0.3, 0.4) is 0 Å². The molecule has 2 heterocycles. The van der Waals surface area contributed by atoms with Crippen molar-refractivity contribution in [1.82, 2.24) is 15.2 Å². The number of hydrogen-bond acceptors (Lipinski definition) is 5. The van der Waals surface area contributed by atoms with E-state index < -0.39 is 11.6 Å². The highest BCUT2D eigenvalue weighted by Gasteiger charge is 2.17. The minimum Gasteiger partial charge on any atom is -0.416 e. The van der Waals surface area contributed by atoms with E-state index in [1.165, 1.54) is 6.20 Å². The Bertz CT molecular complexity index is 756. The third-order valence-electron chi connectivity index (χ3n) is 2.70. The van der Waals surface area contributed by atoms with E-state index in [2.05, 4.69) is 31.1 Å². The summed E-state index contributed by atoms with van der Waals surface area (Å²) in [5, 5.41) is 7.50. The number of aromatic nitrogens is 3. The van der Waals surface area contributed by atoms with Crippen LogP contribution in [-0.2, 0) is 0 Å². The second-order valence-corrected chi connectivity index (χ2v) is 5.04. The molecule has 0 spiro atoms. The molecule has 1 aromatic carbocycles. The van der Waals surface area contributed by atoms with Crippen LogP contribution in [0, 0.1) is 11.6 Å². The first-order chi connectivity index (χ1) is 10.0. The molecule has 0 radical (unpaired) electrons. The quantitative estimate of drug-likeness (QED) is 0.764. The first-order valence-corrected chi connectivity index (χ1v) is 6.54. The van der Waals surface area contributed by atoms with Gasteiger partial charge in [-0.25, -0.2) is 13.8 Å². The van der Waals surface area contributed by atoms with Gasteiger partial charge in [0.05, 0.1) is 11.1 Å². The molecular weight excluding hydrogens is 346 g/mol. The minimum atomic E-state index is -0.660. The third kappa shape index (κ3) is 2.62. The van der Waals surface area contributed by atoms with Gasteiger partial charge in [-0.05, 0) is 40.2 Å². The molecule has 3 rings (SSSR count). The standard InChI is InChI=1S/C13H7BrF2N4O/c14-6-3-9(11(17)18-5-6)13-20-19-12(21-13)8-4-7(15)1-2-10(8)16/h1-5H,(H2,17,18). The van der Waals surface area contributed by atoms with Crippen LogP contribution in [-0.4, -0.2) is 15.2 Å². The first-order valence-electron chi connectivity index (χ1n) is 5.75. The van der Waals surface area contributed by atoms with Crippen LogP contribution in [0.15, 0.2) is 39.4 Å². The molecule has 0 aliphatic rings. The lowest BCUT2D eigenvalue weighted by atomic mass is 10.2. The lowest BCUT2D eigenvalue weighted by Crippen LogP contribution is -1.93. The van der Waals surface area contributed by atoms with Crippen molar-refractivity contribution in [3.8, 4) is 22.9 Å². The van der Waals surface area contributed by atoms with Crippen molar-refractivity contribution in [3.63, 3.8) is 0 Å². The highest BCUT2D eigenvalue weighted by molar-refractivity contribution is 9.10. The topological polar surface area (TPSA) is 77.8 Å². The highest BCUT2D eigenvalue weighted by atomic mass is 79.9. The van der Waals surface area contributed by atoms with Crippen molar-refractivity contribution >= 4 is 21.7 Å². The summed E-state index contributed by atoms with van der Waals surface area (Å²) < 4.78 is 32.9. The first kappa shape index (κ1) is 13.6. The van der Waals surface area contributed by atoms with Crippen LogP contribution in [0.1, 0.15) is 0 Å². The van der Waals surface area contributed by atoms with Crippen molar-refractivity contribution in [3.05, 3.63) is 46.6 Å². The Morgan fingerprint density at radius 2 is 1.76 bits per heavy atom. The average molecular weight is 353 g/mol. The van der Waals surface area contributed by atoms with Gasteiger partial charge in [0.1, 0.15) is 17.5 Å². The second-order valence-electron chi connectivity index (χ2n) is 4.12. The van der Waals surface area contributed by atoms with E-state index in [-0.39, 0.29) is 23.2 Å². The predicted octanol–water partition coefficient (Wildman–Crippen LogP) is 3.42. The Labute approximate surface area is 126 Å². The van der Waals surface area contributed by atoms with Crippen molar-refractivity contribution in [2.75, 3.05) is 5.73 Å². The van der Waals surface area contributed by atoms with Gasteiger partial charge in [-0.1, -0.05) is 0 Å². The molecule has 0 unspecified atom stereocenters. The van der Waals surface area contributed by atoms with E-state index in [0.717, 1.165) is 18.2 Å². The van der Waals surface area contributed by atoms with Crippen molar-refractivity contribution in [1.29, 1.82) is 0 Å². The van der Waals surface area contributed by atoms with E-state index in [1.54, 1.807) is 6.07 Å². The highest BCUT2D eigenvalue weighted by Crippen LogP contribution is 2.29. The maximum absolute atomic E-state index is 13.7. The van der Waals surface area contributed by atoms with Crippen molar-refractivity contribution in [2.24, 2.45) is 0 Å². The van der Waals surface area contributed by atoms with Crippen LogP contribution >= 0.6 is 15.9 Å². The van der Waals surface area contributed by atoms with Gasteiger partial charge in [0, 0.05) is 10.7 Å². The fraction of sp³-hybridized carbons (Fsp3) is 0. The second kappa shape index (κ2) is 5.21. The summed E-state index contributed by atoms with van der Waals surface area (Å²) in [6.45, 7) is 0. The number of nitrogens with zero attached hydrogens (tertiary/aromatic N) is 3. The van der Waals surface area contributed by atoms with E-state index in [1.807, 2.05) is 0 Å². The lowest BCUT2D eigenvalue weighted by molar-refractivity contribution is 0.564. The molecule has 2 aromatic heterocycles. The Hall–Kier alpha value is -2.35. The SMILES string of the molecule is Nc1ncc(Br)cc1-c1nnc(-c2cc(F)ccc2F)o1. The Balaban J connectivity index is 2.08. The van der Waals surface area contributed by atoms with Gasteiger partial charge in [-0.2, -0.15) is 0 Å². The smallest absolute Gasteiger partial charge is 0.251 e. The predicted molar refractivity (Wildman–Crippen MR) is 75.0 cm³/mol. The molecule has 0 amide bonds. The molecule has 106 valence electrons. The van der Waals surface area contributed by atoms with Gasteiger partial charge in [0.15, 0.2) is 0 Å². The van der Waals surface area contributed by atoms with Crippen LogP contribution < -0.4 is 5.73 Å². The summed E-state index contributed by atoms with van der Waals surface area (Å²) in [6, 6.07) is 4.62. The molecule has 21 heavy (non-hydrogen) atoms. The van der Waals surface area contributed by atoms with Gasteiger partial charge in [0.2, 0.25) is 0 Å². The van der Waals surface area contributed by atoms with Crippen LogP contribution in [0.4, 0.5) is 14.6 Å². The lowest BCUT2D eigenvalue weighted by Gasteiger charge is -2.00. The molecule has 0 fully saturated rings. The number of nitrogens with two attached hydrogens (primary N) is 1. The largest absolute Gasteiger partial charge is 0.416 e. The number of benzene rings is 1. The molecule has 0 saturated heterocycles. The number of hydrogen-bond donors (Lipinski definition) is 1. The third-order valence-corrected chi connectivity index (χ3v) is 3.13. The van der Waals surface area contributed by atoms with Gasteiger partial charge in [-0.15, -0.1) is 10.2 Å². The van der Waals surface area contributed by atoms with Crippen LogP contribution in [0.2, 0.25) is 0 Å². The minimum absolute atomic E-state index is 0.0694. The molecule has 0 aliphatic heterocycles. The number of pyridine rings is 1. The summed E-state index contributed by atoms with van der Waals surface area (Å²) in [5.41, 5.74) is 6.02. The summed E-state index contributed by atoms with van der Waals surface area (Å²) in [5.74, 6) is -1.14. The van der Waals surface area contributed by atoms with E-state index in [9.17, 15) is 8.78 Å². The van der Waals surface area contributed by atoms with Crippen LogP contribution in [0.25, 0.3) is 22.9 Å². The molecule has 0 atom stereocenters. The van der Waals surface area contributed by atoms with Crippen molar-refractivity contribution in [2.45, 2.75) is 0 Å². The van der Waals surface area contributed by atoms with Crippen molar-refractivity contribution < 1.29 is 13.2 Å². The van der Waals surface area contributed by atoms with E-state index in [0.29, 0.717) is 10.0 Å². The molecule has 5 nitrogen and oxygen atoms in total. The molecule has 8 heteroatoms. The fourth-order valence-corrected chi connectivity index (χ4v) is 2.05. The zero-order valence-electron chi connectivity index (χ0n) is 10.3. The van der Waals surface area contributed by atoms with E-state index >= 15 is 0 Å². The molecular formula is C13H7BrF2N4O. The maximum atomic E-state index is 13.7. The van der Waals surface area contributed by atoms with Crippen LogP contribution in [0.5, 0.6) is 0 Å². The Morgan fingerprint density at radius 3 is 2.52 bits per heavy atom. The zero-order chi connectivity index (χ0) is 15.0. The fourth-order valence-electron chi connectivity index (χ4n) is 1.72. The summed E-state index contributed by atoms with van der Waals surface area (Å²) in [4.78, 5) is 3.94. The van der Waals surface area contributed by atoms with E-state index in [4.69, 9.17) is 10.2 Å². The number of nitrogen functional groups attached to an aromatic ring is 1.